The van der Waals surface area contributed by atoms with Crippen molar-refractivity contribution >= 4 is 0 Å². The van der Waals surface area contributed by atoms with E-state index in [1.165, 1.54) is 12.1 Å². The molecule has 3 aromatic rings. The number of hydrogen-bond acceptors (Lipinski definition) is 3. The van der Waals surface area contributed by atoms with Crippen LogP contribution in [0.3, 0.4) is 0 Å². The van der Waals surface area contributed by atoms with Crippen LogP contribution in [0.4, 0.5) is 4.39 Å². The molecule has 0 atom stereocenters. The third-order valence-corrected chi connectivity index (χ3v) is 3.22. The lowest BCUT2D eigenvalue weighted by molar-refractivity contribution is 0.568. The molecule has 0 aliphatic rings. The van der Waals surface area contributed by atoms with Crippen LogP contribution >= 0.6 is 0 Å². The number of rotatable bonds is 4. The van der Waals surface area contributed by atoms with Crippen molar-refractivity contribution in [2.24, 2.45) is 0 Å². The van der Waals surface area contributed by atoms with E-state index in [0.29, 0.717) is 23.9 Å². The lowest BCUT2D eigenvalue weighted by Crippen LogP contribution is -2.06. The Morgan fingerprint density at radius 3 is 2.95 bits per heavy atom. The maximum absolute atomic E-state index is 13.2. The van der Waals surface area contributed by atoms with Gasteiger partial charge in [-0.1, -0.05) is 19.9 Å². The predicted octanol–water partition coefficient (Wildman–Crippen LogP) is 3.85. The van der Waals surface area contributed by atoms with Gasteiger partial charge in [-0.25, -0.2) is 14.4 Å². The zero-order valence-corrected chi connectivity index (χ0v) is 12.0. The van der Waals surface area contributed by atoms with Crippen LogP contribution in [-0.4, -0.2) is 14.5 Å². The maximum atomic E-state index is 13.2. The molecule has 0 spiro atoms. The fraction of sp³-hybridized carbons (Fsp3) is 0.250. The molecule has 2 aromatic heterocycles. The van der Waals surface area contributed by atoms with Gasteiger partial charge in [-0.05, 0) is 18.2 Å². The summed E-state index contributed by atoms with van der Waals surface area (Å²) in [6.07, 6.45) is 5.30. The Hall–Kier alpha value is -2.43. The van der Waals surface area contributed by atoms with Crippen molar-refractivity contribution in [2.45, 2.75) is 26.3 Å². The van der Waals surface area contributed by atoms with Crippen molar-refractivity contribution in [3.8, 4) is 11.5 Å². The molecule has 0 radical (unpaired) electrons. The smallest absolute Gasteiger partial charge is 0.226 e. The van der Waals surface area contributed by atoms with Gasteiger partial charge >= 0.3 is 0 Å². The van der Waals surface area contributed by atoms with Crippen LogP contribution in [0.5, 0.6) is 0 Å². The molecule has 0 saturated heterocycles. The Kier molecular flexibility index (Phi) is 3.56. The van der Waals surface area contributed by atoms with Gasteiger partial charge in [0.1, 0.15) is 17.9 Å². The standard InChI is InChI=1S/C16H16FN3O/c1-11(2)15-18-6-7-20(15)9-14-10-21-16(19-14)12-4-3-5-13(17)8-12/h3-8,10-11H,9H2,1-2H3. The predicted molar refractivity (Wildman–Crippen MR) is 77.3 cm³/mol. The van der Waals surface area contributed by atoms with Gasteiger partial charge in [-0.3, -0.25) is 0 Å². The highest BCUT2D eigenvalue weighted by atomic mass is 19.1. The van der Waals surface area contributed by atoms with Crippen molar-refractivity contribution in [3.63, 3.8) is 0 Å². The Labute approximate surface area is 122 Å². The van der Waals surface area contributed by atoms with Crippen LogP contribution in [0.1, 0.15) is 31.3 Å². The molecule has 5 heteroatoms. The van der Waals surface area contributed by atoms with Gasteiger partial charge in [0, 0.05) is 23.9 Å². The SMILES string of the molecule is CC(C)c1nccn1Cc1coc(-c2cccc(F)c2)n1. The molecular formula is C16H16FN3O. The summed E-state index contributed by atoms with van der Waals surface area (Å²) in [5, 5.41) is 0. The van der Waals surface area contributed by atoms with E-state index in [1.807, 2.05) is 10.8 Å². The number of halogens is 1. The molecule has 4 nitrogen and oxygen atoms in total. The molecular weight excluding hydrogens is 269 g/mol. The zero-order chi connectivity index (χ0) is 14.8. The van der Waals surface area contributed by atoms with E-state index in [4.69, 9.17) is 4.42 Å². The summed E-state index contributed by atoms with van der Waals surface area (Å²) < 4.78 is 20.7. The third-order valence-electron chi connectivity index (χ3n) is 3.22. The fourth-order valence-electron chi connectivity index (χ4n) is 2.26. The van der Waals surface area contributed by atoms with Crippen LogP contribution in [0.25, 0.3) is 11.5 Å². The number of oxazole rings is 1. The van der Waals surface area contributed by atoms with Gasteiger partial charge < -0.3 is 8.98 Å². The molecule has 0 bridgehead atoms. The monoisotopic (exact) mass is 285 g/mol. The second kappa shape index (κ2) is 5.52. The van der Waals surface area contributed by atoms with Crippen molar-refractivity contribution in [1.29, 1.82) is 0 Å². The molecule has 21 heavy (non-hydrogen) atoms. The molecule has 108 valence electrons. The molecule has 3 rings (SSSR count). The van der Waals surface area contributed by atoms with Gasteiger partial charge in [0.2, 0.25) is 5.89 Å². The molecule has 0 aliphatic carbocycles. The average Bonchev–Trinajstić information content (AvgIpc) is 3.08. The molecule has 0 amide bonds. The van der Waals surface area contributed by atoms with E-state index in [2.05, 4.69) is 23.8 Å². The summed E-state index contributed by atoms with van der Waals surface area (Å²) in [6, 6.07) is 6.22. The Morgan fingerprint density at radius 1 is 1.33 bits per heavy atom. The van der Waals surface area contributed by atoms with Gasteiger partial charge in [-0.2, -0.15) is 0 Å². The first kappa shape index (κ1) is 13.5. The molecule has 1 aromatic carbocycles. The minimum atomic E-state index is -0.302. The highest BCUT2D eigenvalue weighted by Gasteiger charge is 2.11. The van der Waals surface area contributed by atoms with Gasteiger partial charge in [0.15, 0.2) is 0 Å². The van der Waals surface area contributed by atoms with Crippen molar-refractivity contribution in [2.75, 3.05) is 0 Å². The van der Waals surface area contributed by atoms with Crippen LogP contribution in [0.15, 0.2) is 47.3 Å². The zero-order valence-electron chi connectivity index (χ0n) is 12.0. The summed E-state index contributed by atoms with van der Waals surface area (Å²) in [6.45, 7) is 4.78. The van der Waals surface area contributed by atoms with Crippen LogP contribution in [-0.2, 0) is 6.54 Å². The molecule has 0 unspecified atom stereocenters. The Bertz CT molecular complexity index is 745. The largest absolute Gasteiger partial charge is 0.444 e. The average molecular weight is 285 g/mol. The van der Waals surface area contributed by atoms with E-state index in [0.717, 1.165) is 11.5 Å². The Balaban J connectivity index is 1.84. The van der Waals surface area contributed by atoms with Gasteiger partial charge in [0.25, 0.3) is 0 Å². The quantitative estimate of drug-likeness (QED) is 0.731. The number of hydrogen-bond donors (Lipinski definition) is 0. The first-order chi connectivity index (χ1) is 10.1. The van der Waals surface area contributed by atoms with Crippen molar-refractivity contribution < 1.29 is 8.81 Å². The summed E-state index contributed by atoms with van der Waals surface area (Å²) in [7, 11) is 0. The topological polar surface area (TPSA) is 43.9 Å². The lowest BCUT2D eigenvalue weighted by Gasteiger charge is -2.07. The van der Waals surface area contributed by atoms with E-state index < -0.39 is 0 Å². The first-order valence-corrected chi connectivity index (χ1v) is 6.85. The van der Waals surface area contributed by atoms with E-state index >= 15 is 0 Å². The lowest BCUT2D eigenvalue weighted by atomic mass is 10.2. The van der Waals surface area contributed by atoms with Crippen molar-refractivity contribution in [3.05, 3.63) is 60.3 Å². The summed E-state index contributed by atoms with van der Waals surface area (Å²) in [5.74, 6) is 1.47. The molecule has 0 saturated carbocycles. The highest BCUT2D eigenvalue weighted by Crippen LogP contribution is 2.20. The van der Waals surface area contributed by atoms with Gasteiger partial charge in [-0.15, -0.1) is 0 Å². The second-order valence-electron chi connectivity index (χ2n) is 5.22. The summed E-state index contributed by atoms with van der Waals surface area (Å²) in [5.41, 5.74) is 1.42. The normalized spacial score (nSPS) is 11.2. The van der Waals surface area contributed by atoms with E-state index in [9.17, 15) is 4.39 Å². The molecule has 0 fully saturated rings. The Morgan fingerprint density at radius 2 is 2.19 bits per heavy atom. The number of aromatic nitrogens is 3. The number of benzene rings is 1. The van der Waals surface area contributed by atoms with Crippen LogP contribution in [0.2, 0.25) is 0 Å². The molecule has 0 N–H and O–H groups in total. The maximum Gasteiger partial charge on any atom is 0.226 e. The van der Waals surface area contributed by atoms with Crippen LogP contribution < -0.4 is 0 Å². The minimum Gasteiger partial charge on any atom is -0.444 e. The molecule has 0 aliphatic heterocycles. The third kappa shape index (κ3) is 2.86. The summed E-state index contributed by atoms with van der Waals surface area (Å²) in [4.78, 5) is 8.76. The molecule has 2 heterocycles. The number of imidazole rings is 1. The fourth-order valence-corrected chi connectivity index (χ4v) is 2.26. The van der Waals surface area contributed by atoms with Crippen LogP contribution in [0, 0.1) is 5.82 Å². The van der Waals surface area contributed by atoms with E-state index in [1.54, 1.807) is 24.6 Å². The first-order valence-electron chi connectivity index (χ1n) is 6.85. The number of nitrogens with zero attached hydrogens (tertiary/aromatic N) is 3. The van der Waals surface area contributed by atoms with E-state index in [-0.39, 0.29) is 5.82 Å². The van der Waals surface area contributed by atoms with Crippen molar-refractivity contribution in [1.82, 2.24) is 14.5 Å². The second-order valence-corrected chi connectivity index (χ2v) is 5.22. The minimum absolute atomic E-state index is 0.302. The van der Waals surface area contributed by atoms with Gasteiger partial charge in [0.05, 0.1) is 12.2 Å². The highest BCUT2D eigenvalue weighted by molar-refractivity contribution is 5.52. The summed E-state index contributed by atoms with van der Waals surface area (Å²) >= 11 is 0.